The molecule has 0 radical (unpaired) electrons. The van der Waals surface area contributed by atoms with Crippen LogP contribution in [-0.4, -0.2) is 79.5 Å². The van der Waals surface area contributed by atoms with Crippen LogP contribution >= 0.6 is 0 Å². The second-order valence-corrected chi connectivity index (χ2v) is 17.5. The largest absolute Gasteiger partial charge is 1.00 e. The first kappa shape index (κ1) is 35.2. The van der Waals surface area contributed by atoms with Crippen molar-refractivity contribution in [2.24, 2.45) is 0 Å². The molecule has 6 aliphatic rings. The Morgan fingerprint density at radius 2 is 0.786 bits per heavy atom. The number of halogens is 3. The number of nitrogens with zero attached hydrogens (tertiary/aromatic N) is 3. The number of quaternary nitrogens is 3. The molecule has 0 amide bonds. The van der Waals surface area contributed by atoms with E-state index in [1.807, 2.05) is 36.8 Å². The summed E-state index contributed by atoms with van der Waals surface area (Å²) in [4.78, 5) is 18.2. The molecular formula is C30H33I3N6Se3. The summed E-state index contributed by atoms with van der Waals surface area (Å²) in [5.74, 6) is 0. The molecule has 3 aromatic heterocycles. The van der Waals surface area contributed by atoms with E-state index in [0.717, 1.165) is 64.5 Å². The fraction of sp³-hybridized carbons (Fsp3) is 0.300. The summed E-state index contributed by atoms with van der Waals surface area (Å²) in [5, 5.41) is 4.21. The molecule has 42 heavy (non-hydrogen) atoms. The van der Waals surface area contributed by atoms with E-state index < -0.39 is 0 Å². The first-order valence-corrected chi connectivity index (χ1v) is 19.9. The van der Waals surface area contributed by atoms with Crippen LogP contribution in [0.4, 0.5) is 0 Å². The standard InChI is InChI=1S/3C10H10N2Se.3HI/c3*1-2-8-7-12-4-5-13-10(12)6-9(8)11-3-1;;;/h3*1-3,6H,4-5,7H2;3*1H. The molecule has 12 heteroatoms. The third kappa shape index (κ3) is 8.17. The Hall–Kier alpha value is 0.298. The summed E-state index contributed by atoms with van der Waals surface area (Å²) in [6.07, 6.45) is 12.6. The van der Waals surface area contributed by atoms with Crippen molar-refractivity contribution >= 4 is 63.1 Å². The van der Waals surface area contributed by atoms with Gasteiger partial charge in [0.15, 0.2) is 0 Å². The minimum atomic E-state index is 0. The van der Waals surface area contributed by atoms with E-state index >= 15 is 0 Å². The normalized spacial score (nSPS) is 23.1. The number of rotatable bonds is 0. The molecule has 0 bridgehead atoms. The predicted molar refractivity (Wildman–Crippen MR) is 157 cm³/mol. The van der Waals surface area contributed by atoms with E-state index in [0.29, 0.717) is 0 Å². The number of hydrogen-bond donors (Lipinski definition) is 3. The first-order chi connectivity index (χ1) is 19.3. The number of pyridine rings is 3. The molecule has 0 aliphatic carbocycles. The SMILES string of the molecule is C1=C2[Se]CC[NH+]2Cc2cccnc21.C1=C2[Se]CC[NH+]2Cc2cccnc21.C1=C2[Se]CC[NH+]2Cc2cccnc21.[I-].[I-].[I-]. The zero-order valence-electron chi connectivity index (χ0n) is 23.0. The van der Waals surface area contributed by atoms with Crippen LogP contribution in [0, 0.1) is 0 Å². The second-order valence-electron chi connectivity index (χ2n) is 10.3. The van der Waals surface area contributed by atoms with Crippen molar-refractivity contribution in [3.05, 3.63) is 103 Å². The Labute approximate surface area is 318 Å². The molecule has 3 unspecified atom stereocenters. The Morgan fingerprint density at radius 3 is 1.10 bits per heavy atom. The molecule has 3 fully saturated rings. The summed E-state index contributed by atoms with van der Waals surface area (Å²) >= 11 is 2.22. The van der Waals surface area contributed by atoms with Crippen LogP contribution in [-0.2, 0) is 19.6 Å². The summed E-state index contributed by atoms with van der Waals surface area (Å²) in [6, 6.07) is 12.7. The average molecular weight is 1100 g/mol. The molecule has 0 aromatic carbocycles. The molecule has 0 saturated carbocycles. The minimum absolute atomic E-state index is 0. The second kappa shape index (κ2) is 16.7. The number of hydrogen-bond acceptors (Lipinski definition) is 3. The van der Waals surface area contributed by atoms with E-state index in [-0.39, 0.29) is 71.9 Å². The van der Waals surface area contributed by atoms with Gasteiger partial charge in [0.1, 0.15) is 0 Å². The van der Waals surface area contributed by atoms with E-state index in [1.165, 1.54) is 69.4 Å². The third-order valence-corrected chi connectivity index (χ3v) is 14.9. The van der Waals surface area contributed by atoms with Crippen LogP contribution in [0.1, 0.15) is 33.8 Å². The van der Waals surface area contributed by atoms with Crippen LogP contribution in [0.5, 0.6) is 0 Å². The summed E-state index contributed by atoms with van der Waals surface area (Å²) in [6.45, 7) is 7.49. The van der Waals surface area contributed by atoms with Crippen molar-refractivity contribution in [2.45, 2.75) is 35.6 Å². The smallest absolute Gasteiger partial charge is 1.00 e. The number of nitrogens with one attached hydrogen (secondary N) is 3. The maximum atomic E-state index is 4.40. The summed E-state index contributed by atoms with van der Waals surface area (Å²) in [7, 11) is 0. The molecule has 0 spiro atoms. The Morgan fingerprint density at radius 1 is 0.476 bits per heavy atom. The first-order valence-electron chi connectivity index (χ1n) is 13.7. The van der Waals surface area contributed by atoms with Crippen molar-refractivity contribution in [3.63, 3.8) is 0 Å². The topological polar surface area (TPSA) is 52.0 Å². The van der Waals surface area contributed by atoms with Crippen LogP contribution < -0.4 is 86.6 Å². The molecule has 9 heterocycles. The van der Waals surface area contributed by atoms with Gasteiger partial charge in [-0.1, -0.05) is 0 Å². The van der Waals surface area contributed by atoms with Crippen LogP contribution in [0.25, 0.3) is 18.2 Å². The molecule has 6 nitrogen and oxygen atoms in total. The average Bonchev–Trinajstić information content (AvgIpc) is 3.74. The van der Waals surface area contributed by atoms with Crippen molar-refractivity contribution in [1.29, 1.82) is 0 Å². The minimum Gasteiger partial charge on any atom is -1.00 e. The quantitative estimate of drug-likeness (QED) is 0.155. The maximum Gasteiger partial charge on any atom is -1.00 e. The molecule has 222 valence electrons. The van der Waals surface area contributed by atoms with Gasteiger partial charge in [0.05, 0.1) is 0 Å². The summed E-state index contributed by atoms with van der Waals surface area (Å²) in [5.41, 5.74) is 7.89. The van der Waals surface area contributed by atoms with Gasteiger partial charge in [-0.2, -0.15) is 0 Å². The maximum absolute atomic E-state index is 4.40. The van der Waals surface area contributed by atoms with E-state index in [9.17, 15) is 0 Å². The third-order valence-electron chi connectivity index (χ3n) is 7.82. The Bertz CT molecular complexity index is 1310. The molecule has 3 atom stereocenters. The van der Waals surface area contributed by atoms with Crippen molar-refractivity contribution in [2.75, 3.05) is 19.6 Å². The summed E-state index contributed by atoms with van der Waals surface area (Å²) < 4.78 is 4.87. The van der Waals surface area contributed by atoms with E-state index in [1.54, 1.807) is 28.5 Å². The van der Waals surface area contributed by atoms with Gasteiger partial charge in [-0.15, -0.1) is 0 Å². The zero-order valence-corrected chi connectivity index (χ0v) is 34.6. The van der Waals surface area contributed by atoms with Crippen LogP contribution in [0.15, 0.2) is 68.8 Å². The van der Waals surface area contributed by atoms with Gasteiger partial charge in [0.25, 0.3) is 0 Å². The van der Waals surface area contributed by atoms with Gasteiger partial charge in [-0.05, 0) is 0 Å². The van der Waals surface area contributed by atoms with Gasteiger partial charge >= 0.3 is 251 Å². The van der Waals surface area contributed by atoms with Gasteiger partial charge in [0.2, 0.25) is 0 Å². The van der Waals surface area contributed by atoms with Crippen LogP contribution in [0.2, 0.25) is 16.0 Å². The van der Waals surface area contributed by atoms with Crippen molar-refractivity contribution in [3.8, 4) is 0 Å². The number of aromatic nitrogens is 3. The van der Waals surface area contributed by atoms with Crippen molar-refractivity contribution in [1.82, 2.24) is 15.0 Å². The van der Waals surface area contributed by atoms with Gasteiger partial charge < -0.3 is 71.9 Å². The Kier molecular flexibility index (Phi) is 14.0. The fourth-order valence-electron chi connectivity index (χ4n) is 5.74. The monoisotopic (exact) mass is 1100 g/mol. The Balaban J connectivity index is 0.000000140. The molecule has 3 N–H and O–H groups in total. The molecule has 3 aromatic rings. The molecule has 6 aliphatic heterocycles. The van der Waals surface area contributed by atoms with Crippen LogP contribution in [0.3, 0.4) is 0 Å². The fourth-order valence-corrected chi connectivity index (χ4v) is 12.9. The molecule has 9 rings (SSSR count). The van der Waals surface area contributed by atoms with E-state index in [4.69, 9.17) is 0 Å². The zero-order chi connectivity index (χ0) is 26.0. The van der Waals surface area contributed by atoms with Crippen molar-refractivity contribution < 1.29 is 86.6 Å². The predicted octanol–water partition coefficient (Wildman–Crippen LogP) is -9.24. The number of fused-ring (bicyclic) bond motifs is 6. The van der Waals surface area contributed by atoms with Gasteiger partial charge in [-0.25, -0.2) is 0 Å². The van der Waals surface area contributed by atoms with Gasteiger partial charge in [-0.3, -0.25) is 0 Å². The van der Waals surface area contributed by atoms with Gasteiger partial charge in [0, 0.05) is 0 Å². The molecule has 3 saturated heterocycles. The van der Waals surface area contributed by atoms with E-state index in [2.05, 4.69) is 51.4 Å². The molecular weight excluding hydrogens is 1060 g/mol.